The number of rotatable bonds is 6. The van der Waals surface area contributed by atoms with Crippen LogP contribution in [0.5, 0.6) is 0 Å². The normalized spacial score (nSPS) is 11.5. The maximum atomic E-state index is 11.8. The molecule has 0 bridgehead atoms. The van der Waals surface area contributed by atoms with Crippen molar-refractivity contribution in [2.75, 3.05) is 0 Å². The van der Waals surface area contributed by atoms with Gasteiger partial charge in [0.1, 0.15) is 6.04 Å². The minimum atomic E-state index is -1.01. The predicted molar refractivity (Wildman–Crippen MR) is 73.8 cm³/mol. The summed E-state index contributed by atoms with van der Waals surface area (Å²) >= 11 is 0. The van der Waals surface area contributed by atoms with Crippen LogP contribution in [0, 0.1) is 0 Å². The summed E-state index contributed by atoms with van der Waals surface area (Å²) in [6, 6.07) is 8.37. The van der Waals surface area contributed by atoms with Crippen molar-refractivity contribution in [1.82, 2.24) is 5.32 Å². The van der Waals surface area contributed by atoms with Crippen LogP contribution in [-0.2, 0) is 16.0 Å². The first kappa shape index (κ1) is 15.0. The number of hydrogen-bond acceptors (Lipinski definition) is 2. The molecule has 1 aromatic rings. The second-order valence-electron chi connectivity index (χ2n) is 4.64. The van der Waals surface area contributed by atoms with E-state index in [9.17, 15) is 9.59 Å². The maximum Gasteiger partial charge on any atom is 0.326 e. The molecule has 0 aliphatic heterocycles. The molecule has 1 amide bonds. The second kappa shape index (κ2) is 7.36. The molecule has 4 heteroatoms. The van der Waals surface area contributed by atoms with Gasteiger partial charge in [0.25, 0.3) is 0 Å². The Morgan fingerprint density at radius 2 is 1.89 bits per heavy atom. The van der Waals surface area contributed by atoms with E-state index in [0.717, 1.165) is 11.1 Å². The molecule has 0 saturated carbocycles. The van der Waals surface area contributed by atoms with Gasteiger partial charge in [-0.3, -0.25) is 4.79 Å². The minimum Gasteiger partial charge on any atom is -0.480 e. The molecule has 2 N–H and O–H groups in total. The topological polar surface area (TPSA) is 66.4 Å². The molecule has 0 saturated heterocycles. The van der Waals surface area contributed by atoms with E-state index >= 15 is 0 Å². The Labute approximate surface area is 113 Å². The summed E-state index contributed by atoms with van der Waals surface area (Å²) in [5.41, 5.74) is 1.90. The number of carbonyl (C=O) groups is 2. The van der Waals surface area contributed by atoms with E-state index in [1.807, 2.05) is 50.3 Å². The molecule has 0 aliphatic rings. The molecule has 0 spiro atoms. The predicted octanol–water partition coefficient (Wildman–Crippen LogP) is 2.15. The third kappa shape index (κ3) is 5.86. The quantitative estimate of drug-likeness (QED) is 0.771. The van der Waals surface area contributed by atoms with Gasteiger partial charge in [-0.1, -0.05) is 42.0 Å². The lowest BCUT2D eigenvalue weighted by Crippen LogP contribution is -2.41. The molecule has 0 aromatic heterocycles. The van der Waals surface area contributed by atoms with Gasteiger partial charge in [0, 0.05) is 0 Å². The van der Waals surface area contributed by atoms with Crippen LogP contribution in [-0.4, -0.2) is 23.0 Å². The monoisotopic (exact) mass is 261 g/mol. The van der Waals surface area contributed by atoms with E-state index in [2.05, 4.69) is 5.32 Å². The van der Waals surface area contributed by atoms with E-state index in [0.29, 0.717) is 6.42 Å². The van der Waals surface area contributed by atoms with E-state index in [-0.39, 0.29) is 12.3 Å². The van der Waals surface area contributed by atoms with Gasteiger partial charge in [-0.25, -0.2) is 4.79 Å². The molecule has 0 heterocycles. The number of hydrogen-bond donors (Lipinski definition) is 2. The van der Waals surface area contributed by atoms with Crippen LogP contribution in [0.15, 0.2) is 42.0 Å². The van der Waals surface area contributed by atoms with Crippen molar-refractivity contribution in [3.8, 4) is 0 Å². The zero-order chi connectivity index (χ0) is 14.3. The van der Waals surface area contributed by atoms with Crippen LogP contribution in [0.1, 0.15) is 25.8 Å². The summed E-state index contributed by atoms with van der Waals surface area (Å²) in [4.78, 5) is 22.8. The van der Waals surface area contributed by atoms with Crippen molar-refractivity contribution >= 4 is 11.9 Å². The number of aliphatic carboxylic acids is 1. The molecule has 4 nitrogen and oxygen atoms in total. The molecule has 102 valence electrons. The van der Waals surface area contributed by atoms with E-state index in [4.69, 9.17) is 5.11 Å². The molecular formula is C15H19NO3. The SMILES string of the molecule is CC(C)=CC[C@H](NC(=O)Cc1ccccc1)C(=O)O. The highest BCUT2D eigenvalue weighted by Crippen LogP contribution is 2.02. The Morgan fingerprint density at radius 3 is 2.42 bits per heavy atom. The van der Waals surface area contributed by atoms with Gasteiger partial charge in [-0.2, -0.15) is 0 Å². The standard InChI is InChI=1S/C15H19NO3/c1-11(2)8-9-13(15(18)19)16-14(17)10-12-6-4-3-5-7-12/h3-8,13H,9-10H2,1-2H3,(H,16,17)(H,18,19)/t13-/m0/s1. The number of carboxylic acid groups (broad SMARTS) is 1. The fraction of sp³-hybridized carbons (Fsp3) is 0.333. The maximum absolute atomic E-state index is 11.8. The first-order valence-electron chi connectivity index (χ1n) is 6.18. The lowest BCUT2D eigenvalue weighted by atomic mass is 10.1. The van der Waals surface area contributed by atoms with Gasteiger partial charge in [0.05, 0.1) is 6.42 Å². The molecular weight excluding hydrogens is 242 g/mol. The lowest BCUT2D eigenvalue weighted by molar-refractivity contribution is -0.141. The van der Waals surface area contributed by atoms with Crippen LogP contribution in [0.2, 0.25) is 0 Å². The smallest absolute Gasteiger partial charge is 0.326 e. The molecule has 1 aromatic carbocycles. The van der Waals surface area contributed by atoms with Crippen molar-refractivity contribution < 1.29 is 14.7 Å². The number of carbonyl (C=O) groups excluding carboxylic acids is 1. The van der Waals surface area contributed by atoms with Crippen molar-refractivity contribution in [3.63, 3.8) is 0 Å². The number of carboxylic acids is 1. The highest BCUT2D eigenvalue weighted by Gasteiger charge is 2.18. The Morgan fingerprint density at radius 1 is 1.26 bits per heavy atom. The summed E-state index contributed by atoms with van der Waals surface area (Å²) in [5, 5.41) is 11.6. The molecule has 1 rings (SSSR count). The van der Waals surface area contributed by atoms with Gasteiger partial charge in [-0.15, -0.1) is 0 Å². The van der Waals surface area contributed by atoms with Crippen LogP contribution >= 0.6 is 0 Å². The number of allylic oxidation sites excluding steroid dienone is 1. The van der Waals surface area contributed by atoms with Crippen LogP contribution in [0.25, 0.3) is 0 Å². The molecule has 1 atom stereocenters. The summed E-state index contributed by atoms with van der Waals surface area (Å²) in [5.74, 6) is -1.29. The molecule has 0 fully saturated rings. The van der Waals surface area contributed by atoms with Crippen LogP contribution < -0.4 is 5.32 Å². The average Bonchev–Trinajstić information content (AvgIpc) is 2.35. The summed E-state index contributed by atoms with van der Waals surface area (Å²) in [7, 11) is 0. The Kier molecular flexibility index (Phi) is 5.79. The summed E-state index contributed by atoms with van der Waals surface area (Å²) in [6.45, 7) is 3.79. The fourth-order valence-corrected chi connectivity index (χ4v) is 1.60. The number of benzene rings is 1. The van der Waals surface area contributed by atoms with E-state index in [1.165, 1.54) is 0 Å². The largest absolute Gasteiger partial charge is 0.480 e. The lowest BCUT2D eigenvalue weighted by Gasteiger charge is -2.13. The summed E-state index contributed by atoms with van der Waals surface area (Å²) < 4.78 is 0. The highest BCUT2D eigenvalue weighted by molar-refractivity contribution is 5.84. The third-order valence-corrected chi connectivity index (χ3v) is 2.60. The van der Waals surface area contributed by atoms with Gasteiger partial charge in [0.2, 0.25) is 5.91 Å². The number of amides is 1. The van der Waals surface area contributed by atoms with Crippen LogP contribution in [0.4, 0.5) is 0 Å². The van der Waals surface area contributed by atoms with Crippen molar-refractivity contribution in [2.24, 2.45) is 0 Å². The van der Waals surface area contributed by atoms with Crippen molar-refractivity contribution in [3.05, 3.63) is 47.5 Å². The van der Waals surface area contributed by atoms with Gasteiger partial charge >= 0.3 is 5.97 Å². The average molecular weight is 261 g/mol. The van der Waals surface area contributed by atoms with Gasteiger partial charge in [0.15, 0.2) is 0 Å². The number of nitrogens with one attached hydrogen (secondary N) is 1. The third-order valence-electron chi connectivity index (χ3n) is 2.60. The zero-order valence-corrected chi connectivity index (χ0v) is 11.2. The summed E-state index contributed by atoms with van der Waals surface area (Å²) in [6.07, 6.45) is 2.30. The van der Waals surface area contributed by atoms with Crippen LogP contribution in [0.3, 0.4) is 0 Å². The first-order chi connectivity index (χ1) is 8.99. The Balaban J connectivity index is 2.57. The molecule has 0 aliphatic carbocycles. The Hall–Kier alpha value is -2.10. The van der Waals surface area contributed by atoms with E-state index in [1.54, 1.807) is 0 Å². The van der Waals surface area contributed by atoms with Crippen molar-refractivity contribution in [2.45, 2.75) is 32.7 Å². The fourth-order valence-electron chi connectivity index (χ4n) is 1.60. The second-order valence-corrected chi connectivity index (χ2v) is 4.64. The minimum absolute atomic E-state index is 0.194. The Bertz CT molecular complexity index is 462. The molecule has 0 unspecified atom stereocenters. The molecule has 19 heavy (non-hydrogen) atoms. The first-order valence-corrected chi connectivity index (χ1v) is 6.18. The van der Waals surface area contributed by atoms with E-state index < -0.39 is 12.0 Å². The molecule has 0 radical (unpaired) electrons. The van der Waals surface area contributed by atoms with Gasteiger partial charge < -0.3 is 10.4 Å². The van der Waals surface area contributed by atoms with Crippen molar-refractivity contribution in [1.29, 1.82) is 0 Å². The zero-order valence-electron chi connectivity index (χ0n) is 11.2. The highest BCUT2D eigenvalue weighted by atomic mass is 16.4. The van der Waals surface area contributed by atoms with Gasteiger partial charge in [-0.05, 0) is 25.8 Å².